The second-order valence-electron chi connectivity index (χ2n) is 7.51. The van der Waals surface area contributed by atoms with Crippen LogP contribution in [0.5, 0.6) is 5.75 Å². The Labute approximate surface area is 175 Å². The summed E-state index contributed by atoms with van der Waals surface area (Å²) < 4.78 is 42.7. The number of benzene rings is 1. The summed E-state index contributed by atoms with van der Waals surface area (Å²) in [5.74, 6) is -0.859. The Hall–Kier alpha value is -3.18. The van der Waals surface area contributed by atoms with Gasteiger partial charge in [-0.1, -0.05) is 0 Å². The number of hydrogen-bond acceptors (Lipinski definition) is 6. The molecule has 2 aromatic heterocycles. The van der Waals surface area contributed by atoms with E-state index in [9.17, 15) is 28.2 Å². The predicted octanol–water partition coefficient (Wildman–Crippen LogP) is 3.26. The number of ether oxygens (including phenoxy) is 1. The van der Waals surface area contributed by atoms with Crippen LogP contribution in [0.4, 0.5) is 19.1 Å². The van der Waals surface area contributed by atoms with E-state index in [0.29, 0.717) is 16.9 Å². The van der Waals surface area contributed by atoms with Crippen LogP contribution < -0.4 is 10.1 Å². The van der Waals surface area contributed by atoms with Crippen molar-refractivity contribution in [2.24, 2.45) is 0 Å². The minimum atomic E-state index is -4.83. The van der Waals surface area contributed by atoms with Crippen LogP contribution >= 0.6 is 0 Å². The summed E-state index contributed by atoms with van der Waals surface area (Å²) in [6, 6.07) is 8.14. The molecule has 1 amide bonds. The number of nitrogens with zero attached hydrogens (tertiary/aromatic N) is 3. The third-order valence-electron chi connectivity index (χ3n) is 4.19. The van der Waals surface area contributed by atoms with Crippen molar-refractivity contribution in [1.29, 1.82) is 0 Å². The molecule has 3 aromatic rings. The fraction of sp³-hybridized carbons (Fsp3) is 0.350. The Bertz CT molecular complexity index is 1090. The molecular formula is C20H21F3N4O4. The van der Waals surface area contributed by atoms with Crippen molar-refractivity contribution in [3.8, 4) is 11.4 Å². The van der Waals surface area contributed by atoms with Crippen molar-refractivity contribution in [3.63, 3.8) is 0 Å². The lowest BCUT2D eigenvalue weighted by molar-refractivity contribution is -0.274. The van der Waals surface area contributed by atoms with Gasteiger partial charge in [-0.15, -0.1) is 13.2 Å². The maximum Gasteiger partial charge on any atom is 0.573 e. The van der Waals surface area contributed by atoms with Gasteiger partial charge in [0.05, 0.1) is 23.9 Å². The summed E-state index contributed by atoms with van der Waals surface area (Å²) in [7, 11) is 0. The number of aromatic nitrogens is 3. The summed E-state index contributed by atoms with van der Waals surface area (Å²) in [5.41, 5.74) is 0.0842. The van der Waals surface area contributed by atoms with Crippen molar-refractivity contribution in [1.82, 2.24) is 14.5 Å². The van der Waals surface area contributed by atoms with Crippen LogP contribution in [0.25, 0.3) is 16.9 Å². The topological polar surface area (TPSA) is 110 Å². The van der Waals surface area contributed by atoms with E-state index in [1.165, 1.54) is 23.6 Å². The summed E-state index contributed by atoms with van der Waals surface area (Å²) >= 11 is 0. The Balaban J connectivity index is 2.11. The van der Waals surface area contributed by atoms with E-state index >= 15 is 0 Å². The molecule has 166 valence electrons. The van der Waals surface area contributed by atoms with E-state index in [1.807, 2.05) is 0 Å². The normalized spacial score (nSPS) is 13.3. The van der Waals surface area contributed by atoms with Gasteiger partial charge < -0.3 is 14.9 Å². The molecular weight excluding hydrogens is 417 g/mol. The largest absolute Gasteiger partial charge is 0.573 e. The Kier molecular flexibility index (Phi) is 5.92. The second kappa shape index (κ2) is 8.16. The molecule has 0 bridgehead atoms. The highest BCUT2D eigenvalue weighted by Crippen LogP contribution is 2.29. The Morgan fingerprint density at radius 2 is 1.81 bits per heavy atom. The molecule has 31 heavy (non-hydrogen) atoms. The molecule has 0 unspecified atom stereocenters. The monoisotopic (exact) mass is 438 g/mol. The van der Waals surface area contributed by atoms with Gasteiger partial charge in [-0.3, -0.25) is 14.7 Å². The van der Waals surface area contributed by atoms with Gasteiger partial charge >= 0.3 is 6.36 Å². The third kappa shape index (κ3) is 5.50. The fourth-order valence-electron chi connectivity index (χ4n) is 2.87. The van der Waals surface area contributed by atoms with Gasteiger partial charge in [0.25, 0.3) is 0 Å². The van der Waals surface area contributed by atoms with Crippen LogP contribution in [0.3, 0.4) is 0 Å². The number of nitrogens with one attached hydrogen (secondary N) is 1. The zero-order chi connectivity index (χ0) is 23.0. The highest BCUT2D eigenvalue weighted by molar-refractivity contribution is 5.92. The lowest BCUT2D eigenvalue weighted by atomic mass is 10.1. The van der Waals surface area contributed by atoms with Gasteiger partial charge in [-0.25, -0.2) is 9.97 Å². The van der Waals surface area contributed by atoms with E-state index in [1.54, 1.807) is 26.0 Å². The molecule has 0 saturated heterocycles. The molecule has 0 aliphatic rings. The smallest absolute Gasteiger partial charge is 0.406 e. The predicted molar refractivity (Wildman–Crippen MR) is 106 cm³/mol. The van der Waals surface area contributed by atoms with E-state index in [-0.39, 0.29) is 18.0 Å². The number of aliphatic hydroxyl groups excluding tert-OH is 1. The van der Waals surface area contributed by atoms with Crippen molar-refractivity contribution in [2.75, 3.05) is 5.32 Å². The number of anilines is 1. The first-order valence-corrected chi connectivity index (χ1v) is 9.30. The fourth-order valence-corrected chi connectivity index (χ4v) is 2.87. The van der Waals surface area contributed by atoms with E-state index < -0.39 is 29.7 Å². The molecule has 0 aliphatic heterocycles. The second-order valence-corrected chi connectivity index (χ2v) is 7.51. The first kappa shape index (κ1) is 22.5. The SMILES string of the molecule is C[C@@H](O)CC(=O)Nc1nc2ccc(C(C)(C)O)nc2n1-c1ccc(OC(F)(F)F)cc1. The van der Waals surface area contributed by atoms with Crippen LogP contribution in [-0.4, -0.2) is 43.1 Å². The summed E-state index contributed by atoms with van der Waals surface area (Å²) in [6.07, 6.45) is -5.88. The average Bonchev–Trinajstić information content (AvgIpc) is 2.96. The van der Waals surface area contributed by atoms with Gasteiger partial charge in [-0.2, -0.15) is 0 Å². The van der Waals surface area contributed by atoms with Crippen molar-refractivity contribution in [2.45, 2.75) is 45.3 Å². The van der Waals surface area contributed by atoms with Crippen LogP contribution in [0, 0.1) is 0 Å². The van der Waals surface area contributed by atoms with Gasteiger partial charge in [0.2, 0.25) is 11.9 Å². The van der Waals surface area contributed by atoms with Crippen molar-refractivity contribution >= 4 is 23.0 Å². The lowest BCUT2D eigenvalue weighted by Gasteiger charge is -2.17. The molecule has 0 radical (unpaired) electrons. The minimum Gasteiger partial charge on any atom is -0.406 e. The molecule has 1 atom stereocenters. The number of fused-ring (bicyclic) bond motifs is 1. The Morgan fingerprint density at radius 1 is 1.16 bits per heavy atom. The Morgan fingerprint density at radius 3 is 2.35 bits per heavy atom. The number of carbonyl (C=O) groups is 1. The molecule has 0 aliphatic carbocycles. The van der Waals surface area contributed by atoms with Crippen LogP contribution in [0.2, 0.25) is 0 Å². The molecule has 1 aromatic carbocycles. The third-order valence-corrected chi connectivity index (χ3v) is 4.19. The number of imidazole rings is 1. The molecule has 2 heterocycles. The number of amides is 1. The number of hydrogen-bond donors (Lipinski definition) is 3. The van der Waals surface area contributed by atoms with Crippen LogP contribution in [0.1, 0.15) is 32.9 Å². The number of aliphatic hydroxyl groups is 2. The standard InChI is InChI=1S/C20H21F3N4O4/c1-11(28)10-16(29)26-18-24-14-8-9-15(19(2,3)30)25-17(14)27(18)12-4-6-13(7-5-12)31-20(21,22)23/h4-9,11,28,30H,10H2,1-3H3,(H,24,26,29)/t11-/m1/s1. The number of alkyl halides is 3. The molecule has 0 saturated carbocycles. The average molecular weight is 438 g/mol. The first-order chi connectivity index (χ1) is 14.3. The number of pyridine rings is 1. The zero-order valence-corrected chi connectivity index (χ0v) is 16.9. The highest BCUT2D eigenvalue weighted by Gasteiger charge is 2.31. The first-order valence-electron chi connectivity index (χ1n) is 9.30. The molecule has 11 heteroatoms. The van der Waals surface area contributed by atoms with Gasteiger partial charge in [0.1, 0.15) is 16.9 Å². The van der Waals surface area contributed by atoms with Crippen LogP contribution in [-0.2, 0) is 10.4 Å². The number of halogens is 3. The molecule has 3 N–H and O–H groups in total. The molecule has 0 fully saturated rings. The van der Waals surface area contributed by atoms with E-state index in [4.69, 9.17) is 0 Å². The summed E-state index contributed by atoms with van der Waals surface area (Å²) in [4.78, 5) is 21.0. The van der Waals surface area contributed by atoms with Crippen molar-refractivity contribution in [3.05, 3.63) is 42.1 Å². The maximum atomic E-state index is 12.5. The van der Waals surface area contributed by atoms with Gasteiger partial charge in [0, 0.05) is 0 Å². The van der Waals surface area contributed by atoms with Crippen molar-refractivity contribution < 1.29 is 32.9 Å². The van der Waals surface area contributed by atoms with E-state index in [2.05, 4.69) is 20.0 Å². The van der Waals surface area contributed by atoms with Gasteiger partial charge in [0.15, 0.2) is 5.65 Å². The lowest BCUT2D eigenvalue weighted by Crippen LogP contribution is -2.20. The summed E-state index contributed by atoms with van der Waals surface area (Å²) in [6.45, 7) is 4.56. The molecule has 3 rings (SSSR count). The van der Waals surface area contributed by atoms with Gasteiger partial charge in [-0.05, 0) is 57.2 Å². The zero-order valence-electron chi connectivity index (χ0n) is 16.9. The summed E-state index contributed by atoms with van der Waals surface area (Å²) in [5, 5.41) is 22.3. The highest BCUT2D eigenvalue weighted by atomic mass is 19.4. The minimum absolute atomic E-state index is 0.0607. The molecule has 0 spiro atoms. The number of rotatable bonds is 6. The maximum absolute atomic E-state index is 12.5. The quantitative estimate of drug-likeness (QED) is 0.545. The molecule has 8 nitrogen and oxygen atoms in total. The number of carbonyl (C=O) groups excluding carboxylic acids is 1. The van der Waals surface area contributed by atoms with E-state index in [0.717, 1.165) is 12.1 Å². The van der Waals surface area contributed by atoms with Crippen LogP contribution in [0.15, 0.2) is 36.4 Å².